The summed E-state index contributed by atoms with van der Waals surface area (Å²) in [5.41, 5.74) is 5.30. The minimum Gasteiger partial charge on any atom is -0.396 e. The van der Waals surface area contributed by atoms with Crippen molar-refractivity contribution in [2.75, 3.05) is 32.9 Å². The Labute approximate surface area is 122 Å². The van der Waals surface area contributed by atoms with Gasteiger partial charge in [-0.2, -0.15) is 0 Å². The topological polar surface area (TPSA) is 75.8 Å². The summed E-state index contributed by atoms with van der Waals surface area (Å²) in [4.78, 5) is 14.3. The molecule has 20 heavy (non-hydrogen) atoms. The molecule has 0 aromatic carbocycles. The van der Waals surface area contributed by atoms with Crippen molar-refractivity contribution in [1.82, 2.24) is 4.90 Å². The summed E-state index contributed by atoms with van der Waals surface area (Å²) >= 11 is 0. The van der Waals surface area contributed by atoms with Crippen LogP contribution in [0, 0.1) is 0 Å². The number of unbranched alkanes of at least 4 members (excludes halogenated alkanes) is 4. The Morgan fingerprint density at radius 3 is 2.55 bits per heavy atom. The Morgan fingerprint density at radius 1 is 1.25 bits per heavy atom. The van der Waals surface area contributed by atoms with Crippen molar-refractivity contribution in [2.24, 2.45) is 5.73 Å². The van der Waals surface area contributed by atoms with Crippen LogP contribution in [0.15, 0.2) is 0 Å². The molecule has 1 saturated heterocycles. The summed E-state index contributed by atoms with van der Waals surface area (Å²) in [6.07, 6.45) is 7.04. The summed E-state index contributed by atoms with van der Waals surface area (Å²) in [7, 11) is 0. The van der Waals surface area contributed by atoms with Crippen LogP contribution in [0.5, 0.6) is 0 Å². The lowest BCUT2D eigenvalue weighted by Gasteiger charge is -2.30. The number of rotatable bonds is 10. The normalized spacial score (nSPS) is 22.1. The number of nitrogens with two attached hydrogens (primary N) is 1. The molecule has 0 radical (unpaired) electrons. The third-order valence-electron chi connectivity index (χ3n) is 3.88. The molecule has 1 rings (SSSR count). The van der Waals surface area contributed by atoms with E-state index in [-0.39, 0.29) is 12.5 Å². The minimum absolute atomic E-state index is 0.0149. The van der Waals surface area contributed by atoms with Gasteiger partial charge in [0.2, 0.25) is 5.91 Å². The molecule has 1 aliphatic rings. The van der Waals surface area contributed by atoms with Crippen LogP contribution in [0.3, 0.4) is 0 Å². The number of hydrogen-bond acceptors (Lipinski definition) is 4. The number of aliphatic hydroxyl groups excluding tert-OH is 1. The average molecular weight is 286 g/mol. The fraction of sp³-hybridized carbons (Fsp3) is 0.933. The standard InChI is InChI=1S/C15H30N2O3/c1-2-3-4-5-6-9-17(10-7-11-18)14(19)15(16)8-12-20-13-15/h18H,2-13,16H2,1H3. The van der Waals surface area contributed by atoms with Crippen LogP contribution in [-0.4, -0.2) is 54.4 Å². The Balaban J connectivity index is 2.43. The number of aliphatic hydroxyl groups is 1. The van der Waals surface area contributed by atoms with Gasteiger partial charge >= 0.3 is 0 Å². The molecule has 1 fully saturated rings. The van der Waals surface area contributed by atoms with Gasteiger partial charge in [-0.1, -0.05) is 32.6 Å². The van der Waals surface area contributed by atoms with Crippen LogP contribution in [-0.2, 0) is 9.53 Å². The number of amides is 1. The molecular formula is C15H30N2O3. The number of hydrogen-bond donors (Lipinski definition) is 2. The second-order valence-corrected chi connectivity index (χ2v) is 5.74. The highest BCUT2D eigenvalue weighted by Gasteiger charge is 2.40. The van der Waals surface area contributed by atoms with Crippen molar-refractivity contribution in [1.29, 1.82) is 0 Å². The molecule has 1 heterocycles. The van der Waals surface area contributed by atoms with Gasteiger partial charge in [0, 0.05) is 26.3 Å². The first-order chi connectivity index (χ1) is 9.64. The summed E-state index contributed by atoms with van der Waals surface area (Å²) in [6.45, 7) is 4.50. The Morgan fingerprint density at radius 2 is 1.95 bits per heavy atom. The first kappa shape index (κ1) is 17.4. The predicted octanol–water partition coefficient (Wildman–Crippen LogP) is 1.29. The van der Waals surface area contributed by atoms with E-state index in [1.165, 1.54) is 19.3 Å². The zero-order valence-corrected chi connectivity index (χ0v) is 12.8. The first-order valence-electron chi connectivity index (χ1n) is 7.91. The molecule has 5 nitrogen and oxygen atoms in total. The summed E-state index contributed by atoms with van der Waals surface area (Å²) < 4.78 is 5.27. The largest absolute Gasteiger partial charge is 0.396 e. The monoisotopic (exact) mass is 286 g/mol. The quantitative estimate of drug-likeness (QED) is 0.593. The van der Waals surface area contributed by atoms with Crippen molar-refractivity contribution in [3.8, 4) is 0 Å². The molecular weight excluding hydrogens is 256 g/mol. The molecule has 0 spiro atoms. The van der Waals surface area contributed by atoms with Crippen LogP contribution in [0.4, 0.5) is 0 Å². The van der Waals surface area contributed by atoms with Crippen LogP contribution in [0.25, 0.3) is 0 Å². The van der Waals surface area contributed by atoms with Crippen LogP contribution >= 0.6 is 0 Å². The molecule has 1 amide bonds. The molecule has 5 heteroatoms. The Kier molecular flexibility index (Phi) is 8.11. The van der Waals surface area contributed by atoms with E-state index < -0.39 is 5.54 Å². The molecule has 1 atom stereocenters. The zero-order valence-electron chi connectivity index (χ0n) is 12.8. The molecule has 0 aliphatic carbocycles. The van der Waals surface area contributed by atoms with Gasteiger partial charge in [0.15, 0.2) is 0 Å². The molecule has 1 unspecified atom stereocenters. The van der Waals surface area contributed by atoms with Gasteiger partial charge in [0.25, 0.3) is 0 Å². The lowest BCUT2D eigenvalue weighted by atomic mass is 9.98. The second kappa shape index (κ2) is 9.32. The van der Waals surface area contributed by atoms with E-state index in [4.69, 9.17) is 15.6 Å². The number of carbonyl (C=O) groups excluding carboxylic acids is 1. The van der Waals surface area contributed by atoms with E-state index in [0.717, 1.165) is 19.4 Å². The lowest BCUT2D eigenvalue weighted by Crippen LogP contribution is -2.56. The maximum atomic E-state index is 12.5. The molecule has 118 valence electrons. The third kappa shape index (κ3) is 5.38. The maximum Gasteiger partial charge on any atom is 0.245 e. The summed E-state index contributed by atoms with van der Waals surface area (Å²) in [6, 6.07) is 0. The highest BCUT2D eigenvalue weighted by molar-refractivity contribution is 5.86. The van der Waals surface area contributed by atoms with Gasteiger partial charge < -0.3 is 20.5 Å². The van der Waals surface area contributed by atoms with E-state index in [1.54, 1.807) is 0 Å². The van der Waals surface area contributed by atoms with Gasteiger partial charge in [-0.25, -0.2) is 0 Å². The van der Waals surface area contributed by atoms with E-state index in [9.17, 15) is 4.79 Å². The van der Waals surface area contributed by atoms with E-state index in [0.29, 0.717) is 32.6 Å². The Bertz CT molecular complexity index is 278. The third-order valence-corrected chi connectivity index (χ3v) is 3.88. The van der Waals surface area contributed by atoms with E-state index >= 15 is 0 Å². The predicted molar refractivity (Wildman–Crippen MR) is 79.4 cm³/mol. The molecule has 3 N–H and O–H groups in total. The lowest BCUT2D eigenvalue weighted by molar-refractivity contribution is -0.137. The molecule has 0 aromatic rings. The number of ether oxygens (including phenoxy) is 1. The van der Waals surface area contributed by atoms with Crippen molar-refractivity contribution in [2.45, 2.75) is 57.4 Å². The Hall–Kier alpha value is -0.650. The second-order valence-electron chi connectivity index (χ2n) is 5.74. The zero-order chi connectivity index (χ0) is 14.8. The molecule has 0 bridgehead atoms. The van der Waals surface area contributed by atoms with E-state index in [1.807, 2.05) is 4.90 Å². The van der Waals surface area contributed by atoms with Gasteiger partial charge in [-0.05, 0) is 19.3 Å². The van der Waals surface area contributed by atoms with Crippen LogP contribution < -0.4 is 5.73 Å². The van der Waals surface area contributed by atoms with Gasteiger partial charge in [-0.15, -0.1) is 0 Å². The highest BCUT2D eigenvalue weighted by Crippen LogP contribution is 2.19. The molecule has 1 aliphatic heterocycles. The van der Waals surface area contributed by atoms with Crippen molar-refractivity contribution in [3.05, 3.63) is 0 Å². The van der Waals surface area contributed by atoms with E-state index in [2.05, 4.69) is 6.92 Å². The number of nitrogens with zero attached hydrogens (tertiary/aromatic N) is 1. The number of carbonyl (C=O) groups is 1. The van der Waals surface area contributed by atoms with Crippen molar-refractivity contribution in [3.63, 3.8) is 0 Å². The van der Waals surface area contributed by atoms with Crippen molar-refractivity contribution >= 4 is 5.91 Å². The summed E-state index contributed by atoms with van der Waals surface area (Å²) in [5, 5.41) is 8.97. The van der Waals surface area contributed by atoms with Gasteiger partial charge in [0.05, 0.1) is 6.61 Å². The van der Waals surface area contributed by atoms with Gasteiger partial charge in [0.1, 0.15) is 5.54 Å². The fourth-order valence-electron chi connectivity index (χ4n) is 2.55. The fourth-order valence-corrected chi connectivity index (χ4v) is 2.55. The van der Waals surface area contributed by atoms with Gasteiger partial charge in [-0.3, -0.25) is 4.79 Å². The highest BCUT2D eigenvalue weighted by atomic mass is 16.5. The smallest absolute Gasteiger partial charge is 0.245 e. The molecule has 0 saturated carbocycles. The van der Waals surface area contributed by atoms with Crippen molar-refractivity contribution < 1.29 is 14.6 Å². The van der Waals surface area contributed by atoms with Crippen LogP contribution in [0.2, 0.25) is 0 Å². The molecule has 0 aromatic heterocycles. The average Bonchev–Trinajstić information content (AvgIpc) is 2.89. The maximum absolute atomic E-state index is 12.5. The first-order valence-corrected chi connectivity index (χ1v) is 7.91. The SMILES string of the molecule is CCCCCCCN(CCCO)C(=O)C1(N)CCOC1. The summed E-state index contributed by atoms with van der Waals surface area (Å²) in [5.74, 6) is -0.0149. The minimum atomic E-state index is -0.848. The van der Waals surface area contributed by atoms with Crippen LogP contribution in [0.1, 0.15) is 51.9 Å².